The van der Waals surface area contributed by atoms with Crippen molar-refractivity contribution in [2.45, 2.75) is 161 Å². The fourth-order valence-electron chi connectivity index (χ4n) is 6.44. The zero-order valence-electron chi connectivity index (χ0n) is 32.9. The minimum absolute atomic E-state index is 0.0558. The maximum Gasteiger partial charge on any atom is 0.326 e. The van der Waals surface area contributed by atoms with Gasteiger partial charge in [-0.25, -0.2) is 4.79 Å². The Hall–Kier alpha value is -4.77. The maximum absolute atomic E-state index is 14.0. The van der Waals surface area contributed by atoms with Crippen LogP contribution >= 0.6 is 0 Å². The van der Waals surface area contributed by atoms with Gasteiger partial charge in [-0.3, -0.25) is 38.4 Å². The van der Waals surface area contributed by atoms with Crippen LogP contribution in [-0.2, 0) is 43.2 Å². The highest BCUT2D eigenvalue weighted by atomic mass is 16.4. The van der Waals surface area contributed by atoms with Gasteiger partial charge in [-0.15, -0.1) is 0 Å². The Kier molecular flexibility index (Phi) is 21.6. The van der Waals surface area contributed by atoms with Gasteiger partial charge in [0.2, 0.25) is 35.4 Å². The van der Waals surface area contributed by atoms with E-state index in [4.69, 9.17) is 0 Å². The molecule has 0 spiro atoms. The maximum atomic E-state index is 14.0. The quantitative estimate of drug-likeness (QED) is 0.0632. The van der Waals surface area contributed by atoms with Crippen LogP contribution in [0.15, 0.2) is 0 Å². The molecule has 0 aromatic carbocycles. The van der Waals surface area contributed by atoms with E-state index in [2.05, 4.69) is 31.9 Å². The van der Waals surface area contributed by atoms with Gasteiger partial charge in [0.1, 0.15) is 36.3 Å². The summed E-state index contributed by atoms with van der Waals surface area (Å²) >= 11 is 0. The summed E-state index contributed by atoms with van der Waals surface area (Å²) in [4.78, 5) is 114. The van der Waals surface area contributed by atoms with E-state index in [0.29, 0.717) is 12.8 Å². The van der Waals surface area contributed by atoms with E-state index in [-0.39, 0.29) is 31.1 Å². The molecule has 18 nitrogen and oxygen atoms in total. The largest absolute Gasteiger partial charge is 0.481 e. The lowest BCUT2D eigenvalue weighted by atomic mass is 9.84. The van der Waals surface area contributed by atoms with Crippen LogP contribution < -0.4 is 31.9 Å². The molecule has 1 aliphatic carbocycles. The Morgan fingerprint density at radius 1 is 0.600 bits per heavy atom. The van der Waals surface area contributed by atoms with E-state index in [1.54, 1.807) is 34.6 Å². The second-order valence-corrected chi connectivity index (χ2v) is 14.9. The van der Waals surface area contributed by atoms with E-state index < -0.39 is 115 Å². The topological polar surface area (TPSA) is 286 Å². The Labute approximate surface area is 322 Å². The smallest absolute Gasteiger partial charge is 0.326 e. The molecule has 6 amide bonds. The molecule has 0 aliphatic heterocycles. The Morgan fingerprint density at radius 2 is 1.13 bits per heavy atom. The van der Waals surface area contributed by atoms with Crippen molar-refractivity contribution in [2.24, 2.45) is 17.8 Å². The van der Waals surface area contributed by atoms with Crippen LogP contribution in [0.5, 0.6) is 0 Å². The summed E-state index contributed by atoms with van der Waals surface area (Å²) in [6, 6.07) is -7.82. The number of carbonyl (C=O) groups is 9. The lowest BCUT2D eigenvalue weighted by Crippen LogP contribution is -2.61. The van der Waals surface area contributed by atoms with E-state index in [9.17, 15) is 58.5 Å². The first-order chi connectivity index (χ1) is 25.8. The molecule has 0 aromatic heterocycles. The van der Waals surface area contributed by atoms with E-state index in [1.807, 2.05) is 0 Å². The third-order valence-electron chi connectivity index (χ3n) is 9.60. The van der Waals surface area contributed by atoms with Crippen molar-refractivity contribution in [2.75, 3.05) is 0 Å². The van der Waals surface area contributed by atoms with Gasteiger partial charge in [-0.05, 0) is 43.4 Å². The third-order valence-corrected chi connectivity index (χ3v) is 9.60. The van der Waals surface area contributed by atoms with Crippen molar-refractivity contribution in [1.82, 2.24) is 31.9 Å². The summed E-state index contributed by atoms with van der Waals surface area (Å²) in [5.41, 5.74) is 0. The highest BCUT2D eigenvalue weighted by Crippen LogP contribution is 2.27. The summed E-state index contributed by atoms with van der Waals surface area (Å²) in [6.45, 7) is 9.92. The van der Waals surface area contributed by atoms with Gasteiger partial charge < -0.3 is 47.2 Å². The molecule has 0 bridgehead atoms. The predicted octanol–water partition coefficient (Wildman–Crippen LogP) is 1.20. The number of carboxylic acid groups (broad SMARTS) is 3. The molecule has 0 aromatic rings. The van der Waals surface area contributed by atoms with Gasteiger partial charge in [0, 0.05) is 13.3 Å². The molecule has 0 unspecified atom stereocenters. The van der Waals surface area contributed by atoms with E-state index in [0.717, 1.165) is 39.0 Å². The number of rotatable bonds is 25. The molecule has 7 atom stereocenters. The molecular weight excluding hydrogens is 720 g/mol. The summed E-state index contributed by atoms with van der Waals surface area (Å²) in [6.07, 6.45) is 4.30. The lowest BCUT2D eigenvalue weighted by molar-refractivity contribution is -0.143. The molecule has 1 rings (SSSR count). The number of nitrogens with one attached hydrogen (secondary N) is 6. The van der Waals surface area contributed by atoms with Gasteiger partial charge >= 0.3 is 17.9 Å². The van der Waals surface area contributed by atoms with Gasteiger partial charge in [0.15, 0.2) is 0 Å². The second kappa shape index (κ2) is 24.6. The fraction of sp³-hybridized carbons (Fsp3) is 0.757. The number of carbonyl (C=O) groups excluding carboxylic acids is 6. The van der Waals surface area contributed by atoms with Crippen molar-refractivity contribution in [3.05, 3.63) is 0 Å². The van der Waals surface area contributed by atoms with Crippen LogP contribution in [0.4, 0.5) is 0 Å². The predicted molar refractivity (Wildman–Crippen MR) is 199 cm³/mol. The first-order valence-corrected chi connectivity index (χ1v) is 19.2. The van der Waals surface area contributed by atoms with Crippen molar-refractivity contribution >= 4 is 53.4 Å². The molecule has 0 saturated heterocycles. The molecule has 1 fully saturated rings. The fourth-order valence-corrected chi connectivity index (χ4v) is 6.44. The molecular formula is C37H62N6O12. The minimum atomic E-state index is -1.58. The number of aliphatic carboxylic acids is 3. The number of hydrogen-bond donors (Lipinski definition) is 9. The van der Waals surface area contributed by atoms with Gasteiger partial charge in [-0.1, -0.05) is 79.6 Å². The monoisotopic (exact) mass is 782 g/mol. The second-order valence-electron chi connectivity index (χ2n) is 14.9. The van der Waals surface area contributed by atoms with Crippen LogP contribution in [0, 0.1) is 17.8 Å². The SMILES string of the molecule is CCC[C@H](NC(=O)[C@H](CC1CCCCC1)NC(=O)[C@@H](NC(=O)[C@H](CC(C)C)NC(=O)[C@@H](CCC(=O)O)NC(=O)[C@H](CC(=O)O)NC(C)=O)[C@H](C)CC)C(=O)O. The molecule has 9 N–H and O–H groups in total. The molecule has 312 valence electrons. The lowest BCUT2D eigenvalue weighted by Gasteiger charge is -2.31. The number of amides is 6. The first kappa shape index (κ1) is 48.2. The Bertz CT molecular complexity index is 1340. The number of carboxylic acids is 3. The molecule has 1 saturated carbocycles. The standard InChI is InChI=1S/C37H62N6O12/c1-7-12-25(37(54)55)40-33(50)27(18-23-13-10-9-11-14-23)42-36(53)31(21(5)8-2)43-35(52)26(17-20(3)4)41-32(49)24(15-16-29(45)46)39-34(51)28(19-30(47)48)38-22(6)44/h20-21,23-28,31H,7-19H2,1-6H3,(H,38,44)(H,39,51)(H,40,50)(H,41,49)(H,42,53)(H,43,52)(H,45,46)(H,47,48)(H,54,55)/t21-,24-,25+,26+,27+,28+,31+/m1/s1. The third kappa shape index (κ3) is 18.4. The van der Waals surface area contributed by atoms with Crippen LogP contribution in [-0.4, -0.2) is 105 Å². The van der Waals surface area contributed by atoms with Crippen molar-refractivity contribution in [3.8, 4) is 0 Å². The molecule has 1 aliphatic rings. The van der Waals surface area contributed by atoms with Crippen LogP contribution in [0.25, 0.3) is 0 Å². The summed E-state index contributed by atoms with van der Waals surface area (Å²) in [5, 5.41) is 43.2. The molecule has 18 heteroatoms. The van der Waals surface area contributed by atoms with Gasteiger partial charge in [0.25, 0.3) is 0 Å². The van der Waals surface area contributed by atoms with Crippen LogP contribution in [0.1, 0.15) is 125 Å². The van der Waals surface area contributed by atoms with Crippen molar-refractivity contribution < 1.29 is 58.5 Å². The summed E-state index contributed by atoms with van der Waals surface area (Å²) in [7, 11) is 0. The minimum Gasteiger partial charge on any atom is -0.481 e. The molecule has 55 heavy (non-hydrogen) atoms. The van der Waals surface area contributed by atoms with Crippen molar-refractivity contribution in [3.63, 3.8) is 0 Å². The van der Waals surface area contributed by atoms with Gasteiger partial charge in [0.05, 0.1) is 6.42 Å². The van der Waals surface area contributed by atoms with E-state index in [1.165, 1.54) is 0 Å². The summed E-state index contributed by atoms with van der Waals surface area (Å²) in [5.74, 6) is -9.27. The first-order valence-electron chi connectivity index (χ1n) is 19.2. The summed E-state index contributed by atoms with van der Waals surface area (Å²) < 4.78 is 0. The highest BCUT2D eigenvalue weighted by molar-refractivity contribution is 5.97. The van der Waals surface area contributed by atoms with Crippen LogP contribution in [0.3, 0.4) is 0 Å². The normalized spacial score (nSPS) is 16.9. The average Bonchev–Trinajstić information content (AvgIpc) is 3.10. The molecule has 0 heterocycles. The van der Waals surface area contributed by atoms with Crippen molar-refractivity contribution in [1.29, 1.82) is 0 Å². The zero-order chi connectivity index (χ0) is 41.8. The zero-order valence-corrected chi connectivity index (χ0v) is 32.9. The molecule has 0 radical (unpaired) electrons. The highest BCUT2D eigenvalue weighted by Gasteiger charge is 2.36. The Balaban J connectivity index is 3.36. The Morgan fingerprint density at radius 3 is 1.64 bits per heavy atom. The van der Waals surface area contributed by atoms with E-state index >= 15 is 0 Å². The average molecular weight is 783 g/mol. The van der Waals surface area contributed by atoms with Crippen LogP contribution in [0.2, 0.25) is 0 Å². The number of hydrogen-bond acceptors (Lipinski definition) is 9. The van der Waals surface area contributed by atoms with Gasteiger partial charge in [-0.2, -0.15) is 0 Å².